The van der Waals surface area contributed by atoms with Crippen LogP contribution in [0.3, 0.4) is 0 Å². The van der Waals surface area contributed by atoms with Gasteiger partial charge >= 0.3 is 6.09 Å². The molecule has 1 aliphatic carbocycles. The Labute approximate surface area is 168 Å². The van der Waals surface area contributed by atoms with Crippen LogP contribution in [0.2, 0.25) is 0 Å². The monoisotopic (exact) mass is 425 g/mol. The normalized spacial score (nSPS) is 47.6. The van der Waals surface area contributed by atoms with E-state index >= 15 is 0 Å². The van der Waals surface area contributed by atoms with E-state index in [1.54, 1.807) is 20.8 Å². The van der Waals surface area contributed by atoms with Gasteiger partial charge in [0.2, 0.25) is 11.6 Å². The molecule has 27 heavy (non-hydrogen) atoms. The van der Waals surface area contributed by atoms with Gasteiger partial charge < -0.3 is 29.0 Å². The Morgan fingerprint density at radius 2 is 1.67 bits per heavy atom. The molecule has 2 aliphatic heterocycles. The van der Waals surface area contributed by atoms with Crippen LogP contribution >= 0.6 is 23.2 Å². The molecule has 10 heteroatoms. The highest BCUT2D eigenvalue weighted by atomic mass is 35.5. The summed E-state index contributed by atoms with van der Waals surface area (Å²) in [6.07, 6.45) is -1.44. The zero-order valence-corrected chi connectivity index (χ0v) is 17.4. The molecule has 1 amide bonds. The van der Waals surface area contributed by atoms with Crippen LogP contribution in [-0.4, -0.2) is 66.4 Å². The lowest BCUT2D eigenvalue weighted by Gasteiger charge is -2.55. The van der Waals surface area contributed by atoms with Gasteiger partial charge in [-0.15, -0.1) is 23.2 Å². The van der Waals surface area contributed by atoms with Crippen molar-refractivity contribution in [2.45, 2.75) is 73.9 Å². The third-order valence-electron chi connectivity index (χ3n) is 6.09. The van der Waals surface area contributed by atoms with Gasteiger partial charge in [0.25, 0.3) is 0 Å². The molecule has 0 aromatic carbocycles. The van der Waals surface area contributed by atoms with Gasteiger partial charge in [0.1, 0.15) is 10.6 Å². The van der Waals surface area contributed by atoms with E-state index in [0.717, 1.165) is 0 Å². The van der Waals surface area contributed by atoms with Gasteiger partial charge in [0.15, 0.2) is 5.60 Å². The maximum Gasteiger partial charge on any atom is 0.408 e. The fourth-order valence-corrected chi connectivity index (χ4v) is 4.52. The number of ether oxygens (including phenoxy) is 5. The SMILES string of the molecule is CO[C@@]1(C)O[C@@H]2[C@@H]([C@H]3NC(=O)O[C@@]3(C)C(Cl)Cl)CC(=O)C[C@H]2O[C@]1(C)OC. The highest BCUT2D eigenvalue weighted by Crippen LogP contribution is 2.48. The first kappa shape index (κ1) is 21.1. The van der Waals surface area contributed by atoms with Crippen molar-refractivity contribution >= 4 is 35.1 Å². The van der Waals surface area contributed by atoms with Gasteiger partial charge in [-0.2, -0.15) is 0 Å². The standard InChI is InChI=1S/C17H25Cl2NO7/c1-15(13(18)19)12(20-14(22)27-15)9-6-8(21)7-10-11(9)26-17(3,24-5)16(2,23-4)25-10/h9-13H,6-7H2,1-5H3,(H,20,22)/t9-,10+,11+,12+,15+,16-,17-/m0/s1. The number of nitrogens with one attached hydrogen (secondary N) is 1. The maximum absolute atomic E-state index is 12.5. The summed E-state index contributed by atoms with van der Waals surface area (Å²) in [6, 6.07) is -0.640. The number of ketones is 1. The highest BCUT2D eigenvalue weighted by molar-refractivity contribution is 6.45. The number of carbonyl (C=O) groups excluding carboxylic acids is 2. The number of rotatable bonds is 4. The summed E-state index contributed by atoms with van der Waals surface area (Å²) in [5, 5.41) is 2.74. The van der Waals surface area contributed by atoms with Gasteiger partial charge in [-0.25, -0.2) is 4.79 Å². The first-order valence-corrected chi connectivity index (χ1v) is 9.62. The van der Waals surface area contributed by atoms with E-state index in [4.69, 9.17) is 46.9 Å². The first-order chi connectivity index (χ1) is 12.5. The van der Waals surface area contributed by atoms with Crippen molar-refractivity contribution < 1.29 is 33.3 Å². The Balaban J connectivity index is 1.97. The average Bonchev–Trinajstić information content (AvgIpc) is 2.91. The fraction of sp³-hybridized carbons (Fsp3) is 0.882. The molecule has 8 nitrogen and oxygen atoms in total. The summed E-state index contributed by atoms with van der Waals surface area (Å²) in [5.41, 5.74) is -1.22. The lowest BCUT2D eigenvalue weighted by Crippen LogP contribution is -2.70. The Morgan fingerprint density at radius 1 is 1.07 bits per heavy atom. The molecule has 1 saturated carbocycles. The topological polar surface area (TPSA) is 92.3 Å². The van der Waals surface area contributed by atoms with Crippen LogP contribution in [0.4, 0.5) is 4.79 Å². The van der Waals surface area contributed by atoms with Crippen LogP contribution in [0.5, 0.6) is 0 Å². The van der Waals surface area contributed by atoms with E-state index < -0.39 is 52.3 Å². The smallest absolute Gasteiger partial charge is 0.408 e. The predicted molar refractivity (Wildman–Crippen MR) is 95.6 cm³/mol. The second-order valence-corrected chi connectivity index (χ2v) is 8.74. The molecular weight excluding hydrogens is 401 g/mol. The minimum atomic E-state index is -1.23. The van der Waals surface area contributed by atoms with Crippen molar-refractivity contribution in [2.75, 3.05) is 14.2 Å². The van der Waals surface area contributed by atoms with Crippen LogP contribution in [0.15, 0.2) is 0 Å². The molecule has 0 aromatic heterocycles. The maximum atomic E-state index is 12.5. The predicted octanol–water partition coefficient (Wildman–Crippen LogP) is 2.15. The number of alkyl halides is 2. The summed E-state index contributed by atoms with van der Waals surface area (Å²) in [5.74, 6) is -2.94. The van der Waals surface area contributed by atoms with E-state index in [2.05, 4.69) is 5.32 Å². The number of fused-ring (bicyclic) bond motifs is 1. The third-order valence-corrected chi connectivity index (χ3v) is 6.95. The Bertz CT molecular complexity index is 634. The Kier molecular flexibility index (Phi) is 5.47. The van der Waals surface area contributed by atoms with Crippen molar-refractivity contribution in [3.63, 3.8) is 0 Å². The molecule has 2 saturated heterocycles. The number of amides is 1. The van der Waals surface area contributed by atoms with Crippen LogP contribution in [0.25, 0.3) is 0 Å². The fourth-order valence-electron chi connectivity index (χ4n) is 4.16. The molecule has 3 aliphatic rings. The van der Waals surface area contributed by atoms with Crippen molar-refractivity contribution in [2.24, 2.45) is 5.92 Å². The molecule has 1 N–H and O–H groups in total. The Hall–Kier alpha value is -0.640. The van der Waals surface area contributed by atoms with Crippen molar-refractivity contribution in [3.05, 3.63) is 0 Å². The quantitative estimate of drug-likeness (QED) is 0.689. The van der Waals surface area contributed by atoms with Crippen molar-refractivity contribution in [1.29, 1.82) is 0 Å². The number of carbonyl (C=O) groups is 2. The molecular formula is C17H25Cl2NO7. The van der Waals surface area contributed by atoms with E-state index in [9.17, 15) is 9.59 Å². The van der Waals surface area contributed by atoms with Crippen molar-refractivity contribution in [3.8, 4) is 0 Å². The molecule has 0 radical (unpaired) electrons. The molecule has 3 fully saturated rings. The summed E-state index contributed by atoms with van der Waals surface area (Å²) in [7, 11) is 2.97. The van der Waals surface area contributed by atoms with Gasteiger partial charge in [-0.3, -0.25) is 4.79 Å². The number of methoxy groups -OCH3 is 2. The van der Waals surface area contributed by atoms with Crippen LogP contribution in [0.1, 0.15) is 33.6 Å². The van der Waals surface area contributed by atoms with Crippen LogP contribution in [-0.2, 0) is 28.5 Å². The molecule has 3 rings (SSSR count). The molecule has 0 aromatic rings. The van der Waals surface area contributed by atoms with Gasteiger partial charge in [0.05, 0.1) is 18.2 Å². The summed E-state index contributed by atoms with van der Waals surface area (Å²) < 4.78 is 28.9. The van der Waals surface area contributed by atoms with Gasteiger partial charge in [-0.05, 0) is 20.8 Å². The van der Waals surface area contributed by atoms with Gasteiger partial charge in [-0.1, -0.05) is 0 Å². The summed E-state index contributed by atoms with van der Waals surface area (Å²) in [6.45, 7) is 5.03. The minimum Gasteiger partial charge on any atom is -0.438 e. The molecule has 0 bridgehead atoms. The zero-order chi connectivity index (χ0) is 20.2. The summed E-state index contributed by atoms with van der Waals surface area (Å²) >= 11 is 12.2. The molecule has 7 atom stereocenters. The van der Waals surface area contributed by atoms with E-state index in [-0.39, 0.29) is 18.6 Å². The van der Waals surface area contributed by atoms with E-state index in [1.165, 1.54) is 14.2 Å². The van der Waals surface area contributed by atoms with Crippen molar-refractivity contribution in [1.82, 2.24) is 5.32 Å². The largest absolute Gasteiger partial charge is 0.438 e. The van der Waals surface area contributed by atoms with Gasteiger partial charge in [0, 0.05) is 33.0 Å². The summed E-state index contributed by atoms with van der Waals surface area (Å²) in [4.78, 5) is 23.4. The van der Waals surface area contributed by atoms with Crippen LogP contribution in [0, 0.1) is 5.92 Å². The number of alkyl carbamates (subject to hydrolysis) is 1. The number of hydrogen-bond acceptors (Lipinski definition) is 7. The number of Topliss-reactive ketones (excluding diaryl/α,β-unsaturated/α-hetero) is 1. The average molecular weight is 426 g/mol. The first-order valence-electron chi connectivity index (χ1n) is 8.75. The molecule has 2 heterocycles. The van der Waals surface area contributed by atoms with E-state index in [1.807, 2.05) is 0 Å². The lowest BCUT2D eigenvalue weighted by atomic mass is 9.73. The minimum absolute atomic E-state index is 0.0199. The zero-order valence-electron chi connectivity index (χ0n) is 15.9. The highest BCUT2D eigenvalue weighted by Gasteiger charge is 2.63. The number of halogens is 2. The lowest BCUT2D eigenvalue weighted by molar-refractivity contribution is -0.454. The van der Waals surface area contributed by atoms with E-state index in [0.29, 0.717) is 0 Å². The second-order valence-electron chi connectivity index (χ2n) is 7.65. The molecule has 0 spiro atoms. The number of hydrogen-bond donors (Lipinski definition) is 1. The molecule has 0 unspecified atom stereocenters. The number of cyclic esters (lactones) is 1. The molecule has 154 valence electrons. The Morgan fingerprint density at radius 3 is 2.22 bits per heavy atom. The third kappa shape index (κ3) is 3.24. The second kappa shape index (κ2) is 7.00. The van der Waals surface area contributed by atoms with Crippen LogP contribution < -0.4 is 5.32 Å².